The molecule has 0 spiro atoms. The van der Waals surface area contributed by atoms with Gasteiger partial charge in [0.1, 0.15) is 5.75 Å². The van der Waals surface area contributed by atoms with Crippen LogP contribution in [0.5, 0.6) is 5.75 Å². The van der Waals surface area contributed by atoms with Gasteiger partial charge in [0.15, 0.2) is 0 Å². The maximum Gasteiger partial charge on any atom is 0.336 e. The Hall–Kier alpha value is -2.82. The van der Waals surface area contributed by atoms with Crippen LogP contribution in [0.4, 0.5) is 0 Å². The number of hydrogen-bond acceptors (Lipinski definition) is 3. The van der Waals surface area contributed by atoms with Gasteiger partial charge in [-0.25, -0.2) is 9.59 Å². The van der Waals surface area contributed by atoms with Crippen molar-refractivity contribution in [1.82, 2.24) is 0 Å². The lowest BCUT2D eigenvalue weighted by Gasteiger charge is -2.23. The van der Waals surface area contributed by atoms with Crippen molar-refractivity contribution in [2.45, 2.75) is 33.1 Å². The maximum absolute atomic E-state index is 11.5. The van der Waals surface area contributed by atoms with E-state index in [0.717, 1.165) is 0 Å². The molecule has 0 aliphatic heterocycles. The molecule has 0 aliphatic carbocycles. The molecule has 5 nitrogen and oxygen atoms in total. The van der Waals surface area contributed by atoms with Crippen molar-refractivity contribution in [1.29, 1.82) is 0 Å². The summed E-state index contributed by atoms with van der Waals surface area (Å²) in [5.74, 6) is -2.10. The van der Waals surface area contributed by atoms with Crippen molar-refractivity contribution in [3.8, 4) is 16.9 Å². The molecule has 0 fully saturated rings. The summed E-state index contributed by atoms with van der Waals surface area (Å²) in [4.78, 5) is 22.7. The lowest BCUT2D eigenvalue weighted by Crippen LogP contribution is -2.12. The first kappa shape index (κ1) is 17.5. The van der Waals surface area contributed by atoms with Gasteiger partial charge in [0.25, 0.3) is 0 Å². The molecule has 0 aromatic heterocycles. The van der Waals surface area contributed by atoms with Crippen LogP contribution in [0.25, 0.3) is 11.1 Å². The Morgan fingerprint density at radius 3 is 2.08 bits per heavy atom. The van der Waals surface area contributed by atoms with E-state index in [-0.39, 0.29) is 22.3 Å². The number of phenols is 1. The quantitative estimate of drug-likeness (QED) is 0.789. The largest absolute Gasteiger partial charge is 0.507 e. The van der Waals surface area contributed by atoms with Crippen molar-refractivity contribution in [2.75, 3.05) is 0 Å². The zero-order valence-electron chi connectivity index (χ0n) is 14.0. The highest BCUT2D eigenvalue weighted by Crippen LogP contribution is 2.38. The first-order chi connectivity index (χ1) is 11.0. The van der Waals surface area contributed by atoms with Gasteiger partial charge in [0.05, 0.1) is 11.1 Å². The number of rotatable bonds is 3. The molecule has 2 rings (SSSR count). The zero-order chi connectivity index (χ0) is 18.2. The second-order valence-corrected chi connectivity index (χ2v) is 6.81. The maximum atomic E-state index is 11.5. The number of carboxylic acids is 2. The van der Waals surface area contributed by atoms with Gasteiger partial charge in [-0.2, -0.15) is 0 Å². The van der Waals surface area contributed by atoms with Crippen molar-refractivity contribution >= 4 is 11.9 Å². The molecule has 0 bridgehead atoms. The topological polar surface area (TPSA) is 94.8 Å². The van der Waals surface area contributed by atoms with Gasteiger partial charge in [0, 0.05) is 5.56 Å². The molecule has 0 heterocycles. The molecule has 126 valence electrons. The zero-order valence-corrected chi connectivity index (χ0v) is 14.0. The Kier molecular flexibility index (Phi) is 4.38. The van der Waals surface area contributed by atoms with Crippen LogP contribution in [0.15, 0.2) is 30.3 Å². The number of aromatic carboxylic acids is 2. The smallest absolute Gasteiger partial charge is 0.336 e. The fraction of sp³-hybridized carbons (Fsp3) is 0.263. The number of phenolic OH excluding ortho intramolecular Hbond substituents is 1. The van der Waals surface area contributed by atoms with E-state index in [1.54, 1.807) is 19.1 Å². The van der Waals surface area contributed by atoms with E-state index in [4.69, 9.17) is 0 Å². The molecule has 24 heavy (non-hydrogen) atoms. The monoisotopic (exact) mass is 328 g/mol. The number of hydrogen-bond donors (Lipinski definition) is 3. The van der Waals surface area contributed by atoms with Gasteiger partial charge in [-0.15, -0.1) is 0 Å². The fourth-order valence-corrected chi connectivity index (χ4v) is 2.61. The fourth-order valence-electron chi connectivity index (χ4n) is 2.61. The van der Waals surface area contributed by atoms with Crippen LogP contribution < -0.4 is 0 Å². The predicted molar refractivity (Wildman–Crippen MR) is 90.9 cm³/mol. The molecule has 3 N–H and O–H groups in total. The average molecular weight is 328 g/mol. The first-order valence-electron chi connectivity index (χ1n) is 7.47. The predicted octanol–water partition coefficient (Wildman–Crippen LogP) is 4.06. The summed E-state index contributed by atoms with van der Waals surface area (Å²) in [6.07, 6.45) is 0. The molecular formula is C19H20O5. The summed E-state index contributed by atoms with van der Waals surface area (Å²) >= 11 is 0. The van der Waals surface area contributed by atoms with Crippen molar-refractivity contribution < 1.29 is 24.9 Å². The Morgan fingerprint density at radius 1 is 0.958 bits per heavy atom. The van der Waals surface area contributed by atoms with E-state index in [2.05, 4.69) is 0 Å². The van der Waals surface area contributed by atoms with Crippen LogP contribution in [0.1, 0.15) is 52.6 Å². The van der Waals surface area contributed by atoms with Gasteiger partial charge in [0.2, 0.25) is 0 Å². The molecule has 0 aliphatic rings. The standard InChI is InChI=1S/C19H20O5/c1-10-7-12(9-15(16(10)20)19(2,3)4)14-8-11(17(21)22)5-6-13(14)18(23)24/h5-9,20H,1-4H3,(H,21,22)(H,23,24). The Balaban J connectivity index is 2.80. The van der Waals surface area contributed by atoms with Crippen LogP contribution in [-0.2, 0) is 5.41 Å². The number of carbonyl (C=O) groups is 2. The van der Waals surface area contributed by atoms with E-state index in [0.29, 0.717) is 22.3 Å². The van der Waals surface area contributed by atoms with Crippen molar-refractivity contribution in [3.63, 3.8) is 0 Å². The van der Waals surface area contributed by atoms with Crippen LogP contribution >= 0.6 is 0 Å². The van der Waals surface area contributed by atoms with E-state index in [1.807, 2.05) is 20.8 Å². The average Bonchev–Trinajstić information content (AvgIpc) is 2.47. The molecule has 0 radical (unpaired) electrons. The lowest BCUT2D eigenvalue weighted by molar-refractivity contribution is 0.0682. The highest BCUT2D eigenvalue weighted by molar-refractivity contribution is 5.99. The minimum Gasteiger partial charge on any atom is -0.507 e. The Bertz CT molecular complexity index is 828. The third-order valence-electron chi connectivity index (χ3n) is 3.92. The van der Waals surface area contributed by atoms with Gasteiger partial charge < -0.3 is 15.3 Å². The SMILES string of the molecule is Cc1cc(-c2cc(C(=O)O)ccc2C(=O)O)cc(C(C)(C)C)c1O. The molecule has 0 atom stereocenters. The highest BCUT2D eigenvalue weighted by Gasteiger charge is 2.22. The van der Waals surface area contributed by atoms with Gasteiger partial charge in [-0.05, 0) is 59.4 Å². The second-order valence-electron chi connectivity index (χ2n) is 6.81. The number of benzene rings is 2. The van der Waals surface area contributed by atoms with E-state index in [1.165, 1.54) is 18.2 Å². The molecule has 0 saturated heterocycles. The Morgan fingerprint density at radius 2 is 1.58 bits per heavy atom. The second kappa shape index (κ2) is 6.00. The Labute approximate surface area is 140 Å². The van der Waals surface area contributed by atoms with Crippen LogP contribution in [0, 0.1) is 6.92 Å². The highest BCUT2D eigenvalue weighted by atomic mass is 16.4. The number of carboxylic acid groups (broad SMARTS) is 2. The van der Waals surface area contributed by atoms with Crippen molar-refractivity contribution in [2.24, 2.45) is 0 Å². The van der Waals surface area contributed by atoms with Crippen molar-refractivity contribution in [3.05, 3.63) is 52.6 Å². The lowest BCUT2D eigenvalue weighted by atomic mass is 9.82. The minimum atomic E-state index is -1.13. The summed E-state index contributed by atoms with van der Waals surface area (Å²) in [5.41, 5.74) is 1.84. The molecule has 0 saturated carbocycles. The van der Waals surface area contributed by atoms with E-state index < -0.39 is 11.9 Å². The normalized spacial score (nSPS) is 11.3. The molecule has 0 unspecified atom stereocenters. The summed E-state index contributed by atoms with van der Waals surface area (Å²) in [7, 11) is 0. The summed E-state index contributed by atoms with van der Waals surface area (Å²) < 4.78 is 0. The number of aromatic hydroxyl groups is 1. The third kappa shape index (κ3) is 3.25. The first-order valence-corrected chi connectivity index (χ1v) is 7.47. The summed E-state index contributed by atoms with van der Waals surface area (Å²) in [5, 5.41) is 28.9. The molecule has 0 amide bonds. The molecule has 2 aromatic carbocycles. The third-order valence-corrected chi connectivity index (χ3v) is 3.92. The van der Waals surface area contributed by atoms with Gasteiger partial charge in [-0.3, -0.25) is 0 Å². The van der Waals surface area contributed by atoms with E-state index in [9.17, 15) is 24.9 Å². The van der Waals surface area contributed by atoms with Gasteiger partial charge >= 0.3 is 11.9 Å². The van der Waals surface area contributed by atoms with E-state index >= 15 is 0 Å². The van der Waals surface area contributed by atoms with Crippen LogP contribution in [0.3, 0.4) is 0 Å². The summed E-state index contributed by atoms with van der Waals surface area (Å²) in [6.45, 7) is 7.56. The molecular weight excluding hydrogens is 308 g/mol. The summed E-state index contributed by atoms with van der Waals surface area (Å²) in [6, 6.07) is 7.30. The minimum absolute atomic E-state index is 0.0121. The molecule has 5 heteroatoms. The van der Waals surface area contributed by atoms with Crippen LogP contribution in [-0.4, -0.2) is 27.3 Å². The number of aryl methyl sites for hydroxylation is 1. The van der Waals surface area contributed by atoms with Gasteiger partial charge in [-0.1, -0.05) is 20.8 Å². The van der Waals surface area contributed by atoms with Crippen LogP contribution in [0.2, 0.25) is 0 Å². The molecule has 2 aromatic rings.